The summed E-state index contributed by atoms with van der Waals surface area (Å²) in [5.41, 5.74) is 0. The summed E-state index contributed by atoms with van der Waals surface area (Å²) in [4.78, 5) is 22.1. The largest absolute Gasteiger partial charge is 0.461 e. The number of unbranched alkanes of at least 4 members (excludes halogenated alkanes) is 5. The van der Waals surface area contributed by atoms with Crippen LogP contribution < -0.4 is 5.32 Å². The summed E-state index contributed by atoms with van der Waals surface area (Å²) in [7, 11) is 0. The molecule has 4 nitrogen and oxygen atoms in total. The molecule has 4 heteroatoms. The van der Waals surface area contributed by atoms with Crippen LogP contribution in [0.2, 0.25) is 0 Å². The smallest absolute Gasteiger partial charge is 0.330 e. The van der Waals surface area contributed by atoms with E-state index in [9.17, 15) is 9.59 Å². The molecule has 0 aliphatic heterocycles. The second kappa shape index (κ2) is 12.1. The van der Waals surface area contributed by atoms with Gasteiger partial charge in [-0.3, -0.25) is 4.79 Å². The Bertz CT molecular complexity index is 251. The molecule has 0 bridgehead atoms. The van der Waals surface area contributed by atoms with E-state index in [0.717, 1.165) is 18.9 Å². The Morgan fingerprint density at radius 1 is 1.17 bits per heavy atom. The zero-order chi connectivity index (χ0) is 13.6. The molecule has 0 spiro atoms. The van der Waals surface area contributed by atoms with Gasteiger partial charge in [0.25, 0.3) is 0 Å². The Morgan fingerprint density at radius 2 is 1.83 bits per heavy atom. The number of ether oxygens (including phenoxy) is 1. The SMILES string of the molecule is C=CC(=O)OCCNC(=O)CCCCCCCC. The highest BCUT2D eigenvalue weighted by atomic mass is 16.5. The highest BCUT2D eigenvalue weighted by Crippen LogP contribution is 2.06. The highest BCUT2D eigenvalue weighted by molar-refractivity contribution is 5.81. The molecule has 1 N–H and O–H groups in total. The van der Waals surface area contributed by atoms with E-state index in [1.54, 1.807) is 0 Å². The molecule has 0 radical (unpaired) electrons. The molecular weight excluding hydrogens is 230 g/mol. The monoisotopic (exact) mass is 255 g/mol. The molecule has 0 unspecified atom stereocenters. The van der Waals surface area contributed by atoms with Gasteiger partial charge in [0.05, 0.1) is 6.54 Å². The first-order valence-electron chi connectivity index (χ1n) is 6.76. The fourth-order valence-electron chi connectivity index (χ4n) is 1.56. The van der Waals surface area contributed by atoms with Crippen molar-refractivity contribution in [3.8, 4) is 0 Å². The van der Waals surface area contributed by atoms with Crippen molar-refractivity contribution >= 4 is 11.9 Å². The topological polar surface area (TPSA) is 55.4 Å². The Hall–Kier alpha value is -1.32. The second-order valence-corrected chi connectivity index (χ2v) is 4.24. The van der Waals surface area contributed by atoms with E-state index in [1.807, 2.05) is 0 Å². The fourth-order valence-corrected chi connectivity index (χ4v) is 1.56. The van der Waals surface area contributed by atoms with E-state index in [4.69, 9.17) is 4.74 Å². The third-order valence-corrected chi connectivity index (χ3v) is 2.59. The van der Waals surface area contributed by atoms with E-state index >= 15 is 0 Å². The average molecular weight is 255 g/mol. The minimum Gasteiger partial charge on any atom is -0.461 e. The molecular formula is C14H25NO3. The van der Waals surface area contributed by atoms with Crippen molar-refractivity contribution in [1.29, 1.82) is 0 Å². The normalized spacial score (nSPS) is 9.83. The second-order valence-electron chi connectivity index (χ2n) is 4.24. The van der Waals surface area contributed by atoms with Gasteiger partial charge in [-0.15, -0.1) is 0 Å². The van der Waals surface area contributed by atoms with Crippen LogP contribution in [-0.4, -0.2) is 25.0 Å². The molecule has 0 aromatic carbocycles. The summed E-state index contributed by atoms with van der Waals surface area (Å²) < 4.78 is 4.74. The summed E-state index contributed by atoms with van der Waals surface area (Å²) in [5, 5.41) is 2.71. The van der Waals surface area contributed by atoms with Gasteiger partial charge in [-0.05, 0) is 6.42 Å². The summed E-state index contributed by atoms with van der Waals surface area (Å²) in [6, 6.07) is 0. The van der Waals surface area contributed by atoms with Crippen molar-refractivity contribution in [2.24, 2.45) is 0 Å². The predicted molar refractivity (Wildman–Crippen MR) is 72.2 cm³/mol. The first kappa shape index (κ1) is 16.7. The number of hydrogen-bond acceptors (Lipinski definition) is 3. The maximum Gasteiger partial charge on any atom is 0.330 e. The Labute approximate surface area is 110 Å². The molecule has 18 heavy (non-hydrogen) atoms. The van der Waals surface area contributed by atoms with Gasteiger partial charge in [0.15, 0.2) is 0 Å². The molecule has 0 atom stereocenters. The van der Waals surface area contributed by atoms with Crippen LogP contribution in [0.15, 0.2) is 12.7 Å². The van der Waals surface area contributed by atoms with Crippen molar-refractivity contribution in [2.45, 2.75) is 51.9 Å². The first-order valence-corrected chi connectivity index (χ1v) is 6.76. The zero-order valence-corrected chi connectivity index (χ0v) is 11.4. The number of nitrogens with one attached hydrogen (secondary N) is 1. The molecule has 0 saturated heterocycles. The molecule has 0 aromatic rings. The van der Waals surface area contributed by atoms with E-state index in [-0.39, 0.29) is 12.5 Å². The molecule has 0 heterocycles. The van der Waals surface area contributed by atoms with E-state index in [1.165, 1.54) is 25.7 Å². The predicted octanol–water partition coefficient (Wildman–Crippen LogP) is 2.58. The summed E-state index contributed by atoms with van der Waals surface area (Å²) in [5.74, 6) is -0.430. The lowest BCUT2D eigenvalue weighted by atomic mass is 10.1. The lowest BCUT2D eigenvalue weighted by Crippen LogP contribution is -2.27. The summed E-state index contributed by atoms with van der Waals surface area (Å²) >= 11 is 0. The van der Waals surface area contributed by atoms with Gasteiger partial charge in [-0.1, -0.05) is 45.6 Å². The molecule has 104 valence electrons. The van der Waals surface area contributed by atoms with E-state index in [2.05, 4.69) is 18.8 Å². The van der Waals surface area contributed by atoms with Crippen LogP contribution in [0.1, 0.15) is 51.9 Å². The van der Waals surface area contributed by atoms with Crippen LogP contribution in [-0.2, 0) is 14.3 Å². The van der Waals surface area contributed by atoms with Crippen LogP contribution in [0.5, 0.6) is 0 Å². The van der Waals surface area contributed by atoms with Crippen LogP contribution in [0, 0.1) is 0 Å². The Balaban J connectivity index is 3.27. The number of hydrogen-bond donors (Lipinski definition) is 1. The van der Waals surface area contributed by atoms with Crippen molar-refractivity contribution in [1.82, 2.24) is 5.32 Å². The summed E-state index contributed by atoms with van der Waals surface area (Å²) in [6.07, 6.45) is 8.69. The molecule has 0 aliphatic carbocycles. The van der Waals surface area contributed by atoms with Crippen LogP contribution >= 0.6 is 0 Å². The third kappa shape index (κ3) is 11.2. The Morgan fingerprint density at radius 3 is 2.50 bits per heavy atom. The van der Waals surface area contributed by atoms with Crippen LogP contribution in [0.3, 0.4) is 0 Å². The maximum atomic E-state index is 11.4. The van der Waals surface area contributed by atoms with Crippen molar-refractivity contribution in [2.75, 3.05) is 13.2 Å². The quantitative estimate of drug-likeness (QED) is 0.351. The number of carbonyl (C=O) groups excluding carboxylic acids is 2. The van der Waals surface area contributed by atoms with Crippen LogP contribution in [0.25, 0.3) is 0 Å². The van der Waals surface area contributed by atoms with Gasteiger partial charge in [0.2, 0.25) is 5.91 Å². The molecule has 1 amide bonds. The number of carbonyl (C=O) groups is 2. The molecule has 0 aliphatic rings. The lowest BCUT2D eigenvalue weighted by Gasteiger charge is -2.05. The van der Waals surface area contributed by atoms with Gasteiger partial charge in [-0.2, -0.15) is 0 Å². The maximum absolute atomic E-state index is 11.4. The van der Waals surface area contributed by atoms with Gasteiger partial charge in [0.1, 0.15) is 6.61 Å². The molecule has 0 saturated carbocycles. The number of rotatable bonds is 11. The van der Waals surface area contributed by atoms with Gasteiger partial charge >= 0.3 is 5.97 Å². The van der Waals surface area contributed by atoms with Gasteiger partial charge < -0.3 is 10.1 Å². The average Bonchev–Trinajstić information content (AvgIpc) is 2.38. The minimum atomic E-state index is -0.458. The molecule has 0 aromatic heterocycles. The Kier molecular flexibility index (Phi) is 11.3. The van der Waals surface area contributed by atoms with Gasteiger partial charge in [0, 0.05) is 12.5 Å². The standard InChI is InChI=1S/C14H25NO3/c1-3-5-6-7-8-9-10-13(16)15-11-12-18-14(17)4-2/h4H,2-3,5-12H2,1H3,(H,15,16). The third-order valence-electron chi connectivity index (χ3n) is 2.59. The molecule has 0 rings (SSSR count). The van der Waals surface area contributed by atoms with Gasteiger partial charge in [-0.25, -0.2) is 4.79 Å². The van der Waals surface area contributed by atoms with Crippen molar-refractivity contribution in [3.05, 3.63) is 12.7 Å². The first-order chi connectivity index (χ1) is 8.70. The number of esters is 1. The highest BCUT2D eigenvalue weighted by Gasteiger charge is 2.01. The summed E-state index contributed by atoms with van der Waals surface area (Å²) in [6.45, 7) is 6.04. The molecule has 0 fully saturated rings. The van der Waals surface area contributed by atoms with E-state index < -0.39 is 5.97 Å². The van der Waals surface area contributed by atoms with Crippen molar-refractivity contribution in [3.63, 3.8) is 0 Å². The zero-order valence-electron chi connectivity index (χ0n) is 11.4. The van der Waals surface area contributed by atoms with Crippen LogP contribution in [0.4, 0.5) is 0 Å². The number of amides is 1. The van der Waals surface area contributed by atoms with E-state index in [0.29, 0.717) is 13.0 Å². The van der Waals surface area contributed by atoms with Crippen molar-refractivity contribution < 1.29 is 14.3 Å². The minimum absolute atomic E-state index is 0.0279. The fraction of sp³-hybridized carbons (Fsp3) is 0.714. The lowest BCUT2D eigenvalue weighted by molar-refractivity contribution is -0.138.